The van der Waals surface area contributed by atoms with Crippen LogP contribution in [0.3, 0.4) is 0 Å². The molecule has 0 bridgehead atoms. The van der Waals surface area contributed by atoms with E-state index < -0.39 is 0 Å². The van der Waals surface area contributed by atoms with Crippen LogP contribution in [0.5, 0.6) is 0 Å². The van der Waals surface area contributed by atoms with Crippen molar-refractivity contribution in [2.45, 2.75) is 19.3 Å². The van der Waals surface area contributed by atoms with Crippen molar-refractivity contribution in [1.82, 2.24) is 9.88 Å². The number of rotatable bonds is 3. The van der Waals surface area contributed by atoms with Crippen molar-refractivity contribution in [3.05, 3.63) is 46.7 Å². The largest absolute Gasteiger partial charge is 0.345 e. The van der Waals surface area contributed by atoms with Gasteiger partial charge in [-0.1, -0.05) is 12.1 Å². The van der Waals surface area contributed by atoms with Crippen molar-refractivity contribution in [2.75, 3.05) is 31.1 Å². The highest BCUT2D eigenvalue weighted by Gasteiger charge is 2.46. The van der Waals surface area contributed by atoms with Crippen molar-refractivity contribution < 1.29 is 9.18 Å². The van der Waals surface area contributed by atoms with Gasteiger partial charge >= 0.3 is 0 Å². The lowest BCUT2D eigenvalue weighted by Crippen LogP contribution is -2.49. The Labute approximate surface area is 144 Å². The summed E-state index contributed by atoms with van der Waals surface area (Å²) in [5.41, 5.74) is 0.949. The van der Waals surface area contributed by atoms with Gasteiger partial charge in [0, 0.05) is 43.2 Å². The standard InChI is InChI=1S/C18H20FN3OS/c1-12-11-20-18(24-12)22-7-5-21(6-8-22)17(23)16-10-15(16)13-3-2-4-14(19)9-13/h2-4,9,11,15-16H,5-8,10H2,1H3/t15-,16+/m1/s1. The zero-order chi connectivity index (χ0) is 16.7. The second-order valence-corrected chi connectivity index (χ2v) is 7.78. The number of hydrogen-bond donors (Lipinski definition) is 0. The van der Waals surface area contributed by atoms with Gasteiger partial charge in [-0.3, -0.25) is 4.79 Å². The number of aryl methyl sites for hydroxylation is 1. The molecular weight excluding hydrogens is 325 g/mol. The predicted molar refractivity (Wildman–Crippen MR) is 92.9 cm³/mol. The molecule has 1 aliphatic heterocycles. The van der Waals surface area contributed by atoms with Gasteiger partial charge in [0.25, 0.3) is 0 Å². The SMILES string of the molecule is Cc1cnc(N2CCN(C(=O)[C@H]3C[C@@H]3c3cccc(F)c3)CC2)s1. The first-order valence-corrected chi connectivity index (χ1v) is 9.15. The summed E-state index contributed by atoms with van der Waals surface area (Å²) in [6, 6.07) is 6.64. The number of hydrogen-bond acceptors (Lipinski definition) is 4. The van der Waals surface area contributed by atoms with Gasteiger partial charge in [0.05, 0.1) is 0 Å². The van der Waals surface area contributed by atoms with E-state index in [1.165, 1.54) is 10.9 Å². The molecule has 0 radical (unpaired) electrons. The lowest BCUT2D eigenvalue weighted by molar-refractivity contribution is -0.132. The fourth-order valence-corrected chi connectivity index (χ4v) is 4.23. The van der Waals surface area contributed by atoms with E-state index in [4.69, 9.17) is 0 Å². The maximum atomic E-state index is 13.3. The third-order valence-electron chi connectivity index (χ3n) is 4.86. The zero-order valence-electron chi connectivity index (χ0n) is 13.6. The van der Waals surface area contributed by atoms with Crippen LogP contribution in [0.25, 0.3) is 0 Å². The highest BCUT2D eigenvalue weighted by atomic mass is 32.1. The number of anilines is 1. The van der Waals surface area contributed by atoms with E-state index in [1.54, 1.807) is 23.5 Å². The van der Waals surface area contributed by atoms with E-state index in [1.807, 2.05) is 17.2 Å². The molecule has 2 aromatic rings. The molecule has 6 heteroatoms. The molecule has 1 saturated carbocycles. The van der Waals surface area contributed by atoms with Gasteiger partial charge in [-0.25, -0.2) is 9.37 Å². The van der Waals surface area contributed by atoms with Crippen LogP contribution in [-0.2, 0) is 4.79 Å². The van der Waals surface area contributed by atoms with Gasteiger partial charge in [0.2, 0.25) is 5.91 Å². The summed E-state index contributed by atoms with van der Waals surface area (Å²) in [4.78, 5) is 22.5. The van der Waals surface area contributed by atoms with Gasteiger partial charge in [-0.15, -0.1) is 11.3 Å². The number of halogens is 1. The molecule has 0 spiro atoms. The van der Waals surface area contributed by atoms with Crippen molar-refractivity contribution in [3.63, 3.8) is 0 Å². The monoisotopic (exact) mass is 345 g/mol. The van der Waals surface area contributed by atoms with Gasteiger partial charge in [0.1, 0.15) is 5.82 Å². The number of carbonyl (C=O) groups excluding carboxylic acids is 1. The average molecular weight is 345 g/mol. The van der Waals surface area contributed by atoms with Crippen LogP contribution < -0.4 is 4.90 Å². The maximum absolute atomic E-state index is 13.3. The minimum absolute atomic E-state index is 0.0282. The number of carbonyl (C=O) groups is 1. The molecule has 1 saturated heterocycles. The Balaban J connectivity index is 1.34. The number of thiazole rings is 1. The third-order valence-corrected chi connectivity index (χ3v) is 5.83. The first kappa shape index (κ1) is 15.6. The van der Waals surface area contributed by atoms with Crippen molar-refractivity contribution in [1.29, 1.82) is 0 Å². The first-order valence-electron chi connectivity index (χ1n) is 8.33. The molecule has 2 heterocycles. The normalized spacial score (nSPS) is 23.4. The third kappa shape index (κ3) is 3.02. The summed E-state index contributed by atoms with van der Waals surface area (Å²) in [6.45, 7) is 5.19. The number of nitrogens with zero attached hydrogens (tertiary/aromatic N) is 3. The molecule has 0 N–H and O–H groups in total. The molecule has 1 aromatic carbocycles. The number of amides is 1. The first-order chi connectivity index (χ1) is 11.6. The second-order valence-electron chi connectivity index (χ2n) is 6.57. The Bertz CT molecular complexity index is 754. The van der Waals surface area contributed by atoms with Gasteiger partial charge in [0.15, 0.2) is 5.13 Å². The number of benzene rings is 1. The summed E-state index contributed by atoms with van der Waals surface area (Å²) < 4.78 is 13.3. The highest BCUT2D eigenvalue weighted by Crippen LogP contribution is 2.48. The van der Waals surface area contributed by atoms with E-state index in [0.29, 0.717) is 0 Å². The molecule has 2 aliphatic rings. The Morgan fingerprint density at radius 3 is 2.75 bits per heavy atom. The minimum atomic E-state index is -0.224. The molecule has 126 valence electrons. The summed E-state index contributed by atoms with van der Waals surface area (Å²) >= 11 is 1.70. The van der Waals surface area contributed by atoms with Crippen LogP contribution >= 0.6 is 11.3 Å². The Morgan fingerprint density at radius 2 is 2.08 bits per heavy atom. The molecule has 2 atom stereocenters. The highest BCUT2D eigenvalue weighted by molar-refractivity contribution is 7.15. The Hall–Kier alpha value is -1.95. The quantitative estimate of drug-likeness (QED) is 0.858. The van der Waals surface area contributed by atoms with E-state index >= 15 is 0 Å². The summed E-state index contributed by atoms with van der Waals surface area (Å²) in [6.07, 6.45) is 2.74. The van der Waals surface area contributed by atoms with E-state index in [-0.39, 0.29) is 23.6 Å². The topological polar surface area (TPSA) is 36.4 Å². The lowest BCUT2D eigenvalue weighted by Gasteiger charge is -2.34. The molecule has 1 aromatic heterocycles. The zero-order valence-corrected chi connectivity index (χ0v) is 14.4. The van der Waals surface area contributed by atoms with E-state index in [9.17, 15) is 9.18 Å². The van der Waals surface area contributed by atoms with Crippen molar-refractivity contribution in [3.8, 4) is 0 Å². The van der Waals surface area contributed by atoms with E-state index in [0.717, 1.165) is 43.3 Å². The smallest absolute Gasteiger partial charge is 0.226 e. The number of aromatic nitrogens is 1. The van der Waals surface area contributed by atoms with Gasteiger partial charge in [-0.2, -0.15) is 0 Å². The summed E-state index contributed by atoms with van der Waals surface area (Å²) in [5, 5.41) is 1.05. The molecule has 4 nitrogen and oxygen atoms in total. The molecule has 1 aliphatic carbocycles. The molecule has 2 fully saturated rings. The van der Waals surface area contributed by atoms with Crippen LogP contribution in [0.2, 0.25) is 0 Å². The minimum Gasteiger partial charge on any atom is -0.345 e. The molecule has 1 amide bonds. The fourth-order valence-electron chi connectivity index (χ4n) is 3.42. The van der Waals surface area contributed by atoms with Crippen molar-refractivity contribution >= 4 is 22.4 Å². The Morgan fingerprint density at radius 1 is 1.29 bits per heavy atom. The average Bonchev–Trinajstić information content (AvgIpc) is 3.28. The van der Waals surface area contributed by atoms with Crippen LogP contribution in [0.1, 0.15) is 22.8 Å². The molecule has 4 rings (SSSR count). The molecule has 24 heavy (non-hydrogen) atoms. The van der Waals surface area contributed by atoms with Crippen LogP contribution in [0, 0.1) is 18.7 Å². The molecule has 0 unspecified atom stereocenters. The number of piperazine rings is 1. The van der Waals surface area contributed by atoms with Gasteiger partial charge < -0.3 is 9.80 Å². The van der Waals surface area contributed by atoms with Crippen LogP contribution in [0.15, 0.2) is 30.5 Å². The summed E-state index contributed by atoms with van der Waals surface area (Å²) in [5.74, 6) is 0.213. The summed E-state index contributed by atoms with van der Waals surface area (Å²) in [7, 11) is 0. The van der Waals surface area contributed by atoms with Gasteiger partial charge in [-0.05, 0) is 37.0 Å². The fraction of sp³-hybridized carbons (Fsp3) is 0.444. The Kier molecular flexibility index (Phi) is 4.00. The lowest BCUT2D eigenvalue weighted by atomic mass is 10.1. The maximum Gasteiger partial charge on any atom is 0.226 e. The van der Waals surface area contributed by atoms with E-state index in [2.05, 4.69) is 16.8 Å². The van der Waals surface area contributed by atoms with Crippen molar-refractivity contribution in [2.24, 2.45) is 5.92 Å². The predicted octanol–water partition coefficient (Wildman–Crippen LogP) is 3.04. The molecular formula is C18H20FN3OS. The van der Waals surface area contributed by atoms with Crippen LogP contribution in [0.4, 0.5) is 9.52 Å². The van der Waals surface area contributed by atoms with Crippen LogP contribution in [-0.4, -0.2) is 42.0 Å². The second kappa shape index (κ2) is 6.16.